The van der Waals surface area contributed by atoms with E-state index in [0.29, 0.717) is 11.3 Å². The number of nitrogens with zero attached hydrogens (tertiary/aromatic N) is 1. The van der Waals surface area contributed by atoms with Crippen LogP contribution in [0.15, 0.2) is 59.4 Å². The number of carboxylic acid groups (broad SMARTS) is 1. The van der Waals surface area contributed by atoms with E-state index in [1.807, 2.05) is 0 Å². The van der Waals surface area contributed by atoms with Crippen LogP contribution < -0.4 is 85.5 Å². The summed E-state index contributed by atoms with van der Waals surface area (Å²) in [6.45, 7) is 1.56. The molecule has 0 saturated carbocycles. The Morgan fingerprint density at radius 2 is 1.74 bits per heavy atom. The molecule has 3 rings (SSSR count). The Balaban J connectivity index is 0.00000289. The summed E-state index contributed by atoms with van der Waals surface area (Å²) in [6.07, 6.45) is -0.723. The molecule has 2 N–H and O–H groups in total. The largest absolute Gasteiger partial charge is 1.00 e. The van der Waals surface area contributed by atoms with Crippen molar-refractivity contribution in [2.24, 2.45) is 7.05 Å². The van der Waals surface area contributed by atoms with Gasteiger partial charge in [0.05, 0.1) is 6.04 Å². The molecule has 0 aliphatic heterocycles. The van der Waals surface area contributed by atoms with Crippen LogP contribution in [0, 0.1) is 12.7 Å². The smallest absolute Gasteiger partial charge is 0.871 e. The Kier molecular flexibility index (Phi) is 11.5. The molecule has 0 unspecified atom stereocenters. The fraction of sp³-hybridized carbons (Fsp3) is 0.174. The van der Waals surface area contributed by atoms with E-state index in [1.165, 1.54) is 35.9 Å². The molecule has 2 amide bonds. The number of hydrogen-bond donors (Lipinski definition) is 2. The third-order valence-electron chi connectivity index (χ3n) is 5.04. The molecule has 1 atom stereocenters. The van der Waals surface area contributed by atoms with Crippen LogP contribution in [0.1, 0.15) is 23.7 Å². The molecule has 0 radical (unpaired) electrons. The van der Waals surface area contributed by atoms with Crippen LogP contribution in [0.2, 0.25) is 0 Å². The summed E-state index contributed by atoms with van der Waals surface area (Å²) in [5.41, 5.74) is -0.101. The van der Waals surface area contributed by atoms with Crippen molar-refractivity contribution in [1.82, 2.24) is 9.88 Å². The van der Waals surface area contributed by atoms with Gasteiger partial charge in [0.25, 0.3) is 5.56 Å². The van der Waals surface area contributed by atoms with Gasteiger partial charge in [0.1, 0.15) is 11.5 Å². The molecule has 3 aromatic rings. The Morgan fingerprint density at radius 3 is 2.35 bits per heavy atom. The van der Waals surface area contributed by atoms with E-state index in [4.69, 9.17) is 0 Å². The van der Waals surface area contributed by atoms with E-state index in [0.717, 1.165) is 0 Å². The fourth-order valence-corrected chi connectivity index (χ4v) is 3.28. The summed E-state index contributed by atoms with van der Waals surface area (Å²) in [5.74, 6) is -2.92. The van der Waals surface area contributed by atoms with Gasteiger partial charge in [0.2, 0.25) is 0 Å². The number of carboxylic acids is 1. The number of halogens is 1. The van der Waals surface area contributed by atoms with Crippen LogP contribution in [0.4, 0.5) is 14.9 Å². The number of anilines is 1. The van der Waals surface area contributed by atoms with Crippen molar-refractivity contribution in [3.63, 3.8) is 0 Å². The van der Waals surface area contributed by atoms with Gasteiger partial charge in [0.15, 0.2) is 0 Å². The zero-order valence-electron chi connectivity index (χ0n) is 19.3. The Bertz CT molecular complexity index is 1240. The van der Waals surface area contributed by atoms with Gasteiger partial charge in [-0.2, -0.15) is 0 Å². The number of aromatic nitrogens is 1. The van der Waals surface area contributed by atoms with Gasteiger partial charge in [-0.15, -0.1) is 0 Å². The minimum absolute atomic E-state index is 0. The first-order valence-corrected chi connectivity index (χ1v) is 9.68. The molecule has 0 saturated heterocycles. The number of benzene rings is 2. The Hall–Kier alpha value is -2.14. The number of aliphatic carboxylic acids is 1. The Labute approximate surface area is 239 Å². The van der Waals surface area contributed by atoms with Gasteiger partial charge in [-0.1, -0.05) is 54.3 Å². The van der Waals surface area contributed by atoms with Crippen LogP contribution in [0.25, 0.3) is 11.1 Å². The summed E-state index contributed by atoms with van der Waals surface area (Å²) in [7, 11) is 1.43. The third-order valence-corrected chi connectivity index (χ3v) is 5.04. The topological polar surface area (TPSA) is 126 Å². The van der Waals surface area contributed by atoms with Crippen molar-refractivity contribution in [2.45, 2.75) is 19.4 Å². The molecule has 1 heterocycles. The first kappa shape index (κ1) is 29.9. The molecule has 0 bridgehead atoms. The maximum atomic E-state index is 15.3. The SMILES string of the molecule is Cc1cc([O-])c(NC(=O)N[C@@H](CC(=O)[O-])c2cccc(-c3ccccc3)c2F)c(=O)n1C.[Na+].[Na+]. The van der Waals surface area contributed by atoms with Crippen LogP contribution in [-0.4, -0.2) is 16.6 Å². The second-order valence-corrected chi connectivity index (χ2v) is 7.19. The molecule has 11 heteroatoms. The molecule has 0 spiro atoms. The predicted molar refractivity (Wildman–Crippen MR) is 112 cm³/mol. The minimum Gasteiger partial charge on any atom is -0.871 e. The molecule has 34 heavy (non-hydrogen) atoms. The first-order chi connectivity index (χ1) is 15.2. The van der Waals surface area contributed by atoms with Gasteiger partial charge >= 0.3 is 65.1 Å². The van der Waals surface area contributed by atoms with Crippen molar-refractivity contribution in [3.05, 3.63) is 82.0 Å². The van der Waals surface area contributed by atoms with Crippen LogP contribution in [0.3, 0.4) is 0 Å². The molecular weight excluding hydrogens is 463 g/mol. The summed E-state index contributed by atoms with van der Waals surface area (Å²) in [4.78, 5) is 36.1. The summed E-state index contributed by atoms with van der Waals surface area (Å²) < 4.78 is 16.5. The number of carbonyl (C=O) groups is 2. The number of hydrogen-bond acceptors (Lipinski definition) is 5. The molecule has 8 nitrogen and oxygen atoms in total. The standard InChI is InChI=1S/C23H22FN3O5.2Na/c1-13-11-18(28)21(22(31)27(13)2)26-23(32)25-17(12-19(29)30)16-10-6-9-15(20(16)24)14-7-4-3-5-8-14;;/h3-11,17,28H,12H2,1-2H3,(H,29,30)(H2,25,26,32);;/q;2*+1/p-2/t17-;;/m0../s1. The number of amides is 2. The average Bonchev–Trinajstić information content (AvgIpc) is 2.75. The van der Waals surface area contributed by atoms with Gasteiger partial charge in [0, 0.05) is 36.3 Å². The Morgan fingerprint density at radius 1 is 1.09 bits per heavy atom. The fourth-order valence-electron chi connectivity index (χ4n) is 3.28. The maximum Gasteiger partial charge on any atom is 1.00 e. The van der Waals surface area contributed by atoms with Crippen LogP contribution in [-0.2, 0) is 11.8 Å². The van der Waals surface area contributed by atoms with E-state index in [-0.39, 0.29) is 70.2 Å². The molecular formula is C23H20FN3Na2O5. The van der Waals surface area contributed by atoms with Crippen LogP contribution in [0.5, 0.6) is 5.75 Å². The quantitative estimate of drug-likeness (QED) is 0.343. The normalized spacial score (nSPS) is 10.9. The van der Waals surface area contributed by atoms with Crippen molar-refractivity contribution < 1.29 is 83.3 Å². The molecule has 0 fully saturated rings. The molecule has 1 aromatic heterocycles. The van der Waals surface area contributed by atoms with Gasteiger partial charge in [-0.05, 0) is 18.6 Å². The van der Waals surface area contributed by atoms with E-state index in [1.54, 1.807) is 37.3 Å². The maximum absolute atomic E-state index is 15.3. The van der Waals surface area contributed by atoms with Crippen LogP contribution >= 0.6 is 0 Å². The number of pyridine rings is 1. The zero-order valence-corrected chi connectivity index (χ0v) is 23.3. The van der Waals surface area contributed by atoms with E-state index in [9.17, 15) is 24.6 Å². The van der Waals surface area contributed by atoms with E-state index < -0.39 is 47.3 Å². The number of nitrogens with one attached hydrogen (secondary N) is 2. The van der Waals surface area contributed by atoms with Gasteiger partial charge < -0.3 is 30.2 Å². The minimum atomic E-state index is -1.52. The number of carbonyl (C=O) groups excluding carboxylic acids is 2. The van der Waals surface area contributed by atoms with E-state index >= 15 is 4.39 Å². The molecule has 2 aromatic carbocycles. The summed E-state index contributed by atoms with van der Waals surface area (Å²) in [6, 6.07) is 11.9. The number of aryl methyl sites for hydroxylation is 1. The van der Waals surface area contributed by atoms with Crippen molar-refractivity contribution in [2.75, 3.05) is 5.32 Å². The number of rotatable bonds is 6. The molecule has 0 aliphatic carbocycles. The van der Waals surface area contributed by atoms with E-state index in [2.05, 4.69) is 10.6 Å². The monoisotopic (exact) mass is 483 g/mol. The predicted octanol–water partition coefficient (Wildman–Crippen LogP) is -4.42. The van der Waals surface area contributed by atoms with Crippen molar-refractivity contribution in [3.8, 4) is 16.9 Å². The summed E-state index contributed by atoms with van der Waals surface area (Å²) >= 11 is 0. The zero-order chi connectivity index (χ0) is 23.4. The average molecular weight is 483 g/mol. The first-order valence-electron chi connectivity index (χ1n) is 9.68. The van der Waals surface area contributed by atoms with Gasteiger partial charge in [-0.3, -0.25) is 4.79 Å². The third kappa shape index (κ3) is 6.94. The molecule has 0 aliphatic rings. The van der Waals surface area contributed by atoms with Gasteiger partial charge in [-0.25, -0.2) is 9.18 Å². The molecule has 166 valence electrons. The number of urea groups is 1. The van der Waals surface area contributed by atoms with Crippen molar-refractivity contribution >= 4 is 17.7 Å². The second-order valence-electron chi connectivity index (χ2n) is 7.19. The summed E-state index contributed by atoms with van der Waals surface area (Å²) in [5, 5.41) is 27.9. The van der Waals surface area contributed by atoms with Crippen molar-refractivity contribution in [1.29, 1.82) is 0 Å². The second kappa shape index (κ2) is 13.1.